The molecule has 0 aromatic heterocycles. The van der Waals surface area contributed by atoms with Crippen molar-refractivity contribution < 1.29 is 18.0 Å². The smallest absolute Gasteiger partial charge is 0.244 e. The first-order chi connectivity index (χ1) is 16.7. The van der Waals surface area contributed by atoms with E-state index in [1.807, 2.05) is 39.8 Å². The summed E-state index contributed by atoms with van der Waals surface area (Å²) in [7, 11) is -3.80. The van der Waals surface area contributed by atoms with Crippen LogP contribution in [0, 0.1) is 19.8 Å². The Morgan fingerprint density at radius 1 is 1.03 bits per heavy atom. The Kier molecular flexibility index (Phi) is 10.6. The van der Waals surface area contributed by atoms with Gasteiger partial charge in [0.1, 0.15) is 12.6 Å². The van der Waals surface area contributed by atoms with Crippen molar-refractivity contribution in [2.24, 2.45) is 5.92 Å². The van der Waals surface area contributed by atoms with Crippen LogP contribution >= 0.6 is 23.2 Å². The van der Waals surface area contributed by atoms with Gasteiger partial charge in [-0.3, -0.25) is 13.9 Å². The zero-order chi connectivity index (χ0) is 27.2. The largest absolute Gasteiger partial charge is 0.354 e. The number of rotatable bonds is 11. The van der Waals surface area contributed by atoms with E-state index in [2.05, 4.69) is 5.32 Å². The van der Waals surface area contributed by atoms with Crippen molar-refractivity contribution in [1.82, 2.24) is 10.2 Å². The van der Waals surface area contributed by atoms with Gasteiger partial charge < -0.3 is 10.2 Å². The average molecular weight is 557 g/mol. The van der Waals surface area contributed by atoms with E-state index in [1.54, 1.807) is 31.2 Å². The van der Waals surface area contributed by atoms with E-state index in [4.69, 9.17) is 23.2 Å². The van der Waals surface area contributed by atoms with Crippen molar-refractivity contribution in [2.45, 2.75) is 53.6 Å². The molecule has 2 amide bonds. The normalized spacial score (nSPS) is 12.4. The fourth-order valence-electron chi connectivity index (χ4n) is 3.76. The van der Waals surface area contributed by atoms with Gasteiger partial charge in [-0.05, 0) is 61.1 Å². The number of amides is 2. The minimum Gasteiger partial charge on any atom is -0.354 e. The number of hydrogen-bond donors (Lipinski definition) is 1. The average Bonchev–Trinajstić information content (AvgIpc) is 2.79. The molecule has 0 aliphatic heterocycles. The molecule has 0 aliphatic rings. The molecular weight excluding hydrogens is 521 g/mol. The molecule has 0 radical (unpaired) electrons. The Morgan fingerprint density at radius 2 is 1.69 bits per heavy atom. The number of halogens is 2. The topological polar surface area (TPSA) is 86.8 Å². The van der Waals surface area contributed by atoms with Crippen LogP contribution in [0.25, 0.3) is 0 Å². The fraction of sp³-hybridized carbons (Fsp3) is 0.462. The molecule has 0 saturated carbocycles. The number of nitrogens with zero attached hydrogens (tertiary/aromatic N) is 2. The quantitative estimate of drug-likeness (QED) is 0.424. The van der Waals surface area contributed by atoms with Crippen molar-refractivity contribution in [3.8, 4) is 0 Å². The maximum atomic E-state index is 13.7. The van der Waals surface area contributed by atoms with Crippen LogP contribution in [0.5, 0.6) is 0 Å². The lowest BCUT2D eigenvalue weighted by atomic mass is 10.1. The van der Waals surface area contributed by atoms with Crippen LogP contribution in [0.3, 0.4) is 0 Å². The summed E-state index contributed by atoms with van der Waals surface area (Å²) in [5, 5.41) is 3.59. The third-order valence-electron chi connectivity index (χ3n) is 5.72. The maximum absolute atomic E-state index is 13.7. The molecule has 0 aliphatic carbocycles. The minimum absolute atomic E-state index is 0.0632. The number of carbonyl (C=O) groups excluding carboxylic acids is 2. The van der Waals surface area contributed by atoms with Gasteiger partial charge in [-0.25, -0.2) is 8.42 Å². The molecule has 0 bridgehead atoms. The fourth-order valence-corrected chi connectivity index (χ4v) is 4.98. The van der Waals surface area contributed by atoms with Crippen LogP contribution in [-0.4, -0.2) is 50.5 Å². The molecule has 2 aromatic rings. The molecular formula is C26H35Cl2N3O4S. The Balaban J connectivity index is 2.49. The Hall–Kier alpha value is -2.29. The number of hydrogen-bond acceptors (Lipinski definition) is 4. The standard InChI is InChI=1S/C26H35Cl2N3O4S/c1-7-23(26(33)29-14-17(2)3)30(15-20-10-11-21(27)22(28)13-20)25(32)16-31(36(6,34)35)24-12-18(4)8-9-19(24)5/h8-13,17,23H,7,14-16H2,1-6H3,(H,29,33)/t23-/m1/s1. The summed E-state index contributed by atoms with van der Waals surface area (Å²) in [6.07, 6.45) is 1.41. The Morgan fingerprint density at radius 3 is 2.25 bits per heavy atom. The zero-order valence-electron chi connectivity index (χ0n) is 21.6. The van der Waals surface area contributed by atoms with E-state index >= 15 is 0 Å². The molecule has 0 saturated heterocycles. The third-order valence-corrected chi connectivity index (χ3v) is 7.59. The second kappa shape index (κ2) is 12.8. The molecule has 198 valence electrons. The van der Waals surface area contributed by atoms with E-state index in [0.29, 0.717) is 34.3 Å². The molecule has 2 rings (SSSR count). The number of anilines is 1. The maximum Gasteiger partial charge on any atom is 0.244 e. The van der Waals surface area contributed by atoms with Crippen molar-refractivity contribution in [3.63, 3.8) is 0 Å². The monoisotopic (exact) mass is 555 g/mol. The van der Waals surface area contributed by atoms with E-state index in [9.17, 15) is 18.0 Å². The van der Waals surface area contributed by atoms with Gasteiger partial charge in [0.15, 0.2) is 0 Å². The Labute approximate surface area is 224 Å². The number of carbonyl (C=O) groups is 2. The van der Waals surface area contributed by atoms with Crippen LogP contribution in [0.15, 0.2) is 36.4 Å². The lowest BCUT2D eigenvalue weighted by molar-refractivity contribution is -0.140. The zero-order valence-corrected chi connectivity index (χ0v) is 24.0. The summed E-state index contributed by atoms with van der Waals surface area (Å²) in [6.45, 7) is 9.50. The van der Waals surface area contributed by atoms with Gasteiger partial charge >= 0.3 is 0 Å². The third kappa shape index (κ3) is 8.11. The van der Waals surface area contributed by atoms with Gasteiger partial charge in [-0.15, -0.1) is 0 Å². The number of benzene rings is 2. The first-order valence-electron chi connectivity index (χ1n) is 11.8. The number of sulfonamides is 1. The van der Waals surface area contributed by atoms with Crippen LogP contribution < -0.4 is 9.62 Å². The van der Waals surface area contributed by atoms with Crippen molar-refractivity contribution in [2.75, 3.05) is 23.7 Å². The van der Waals surface area contributed by atoms with Gasteiger partial charge in [-0.2, -0.15) is 0 Å². The summed E-state index contributed by atoms with van der Waals surface area (Å²) < 4.78 is 26.7. The summed E-state index contributed by atoms with van der Waals surface area (Å²) in [5.74, 6) is -0.563. The van der Waals surface area contributed by atoms with Crippen LogP contribution in [0.2, 0.25) is 10.0 Å². The summed E-state index contributed by atoms with van der Waals surface area (Å²) in [4.78, 5) is 28.3. The highest BCUT2D eigenvalue weighted by molar-refractivity contribution is 7.92. The molecule has 0 heterocycles. The lowest BCUT2D eigenvalue weighted by Gasteiger charge is -2.33. The van der Waals surface area contributed by atoms with Crippen molar-refractivity contribution in [1.29, 1.82) is 0 Å². The van der Waals surface area contributed by atoms with E-state index in [-0.39, 0.29) is 18.4 Å². The molecule has 7 nitrogen and oxygen atoms in total. The lowest BCUT2D eigenvalue weighted by Crippen LogP contribution is -2.52. The number of nitrogens with one attached hydrogen (secondary N) is 1. The van der Waals surface area contributed by atoms with Gasteiger partial charge in [0.25, 0.3) is 0 Å². The van der Waals surface area contributed by atoms with Crippen molar-refractivity contribution >= 4 is 50.7 Å². The summed E-state index contributed by atoms with van der Waals surface area (Å²) in [6, 6.07) is 9.62. The van der Waals surface area contributed by atoms with Gasteiger partial charge in [0.05, 0.1) is 22.0 Å². The van der Waals surface area contributed by atoms with E-state index in [1.165, 1.54) is 4.90 Å². The molecule has 2 aromatic carbocycles. The highest BCUT2D eigenvalue weighted by Crippen LogP contribution is 2.26. The van der Waals surface area contributed by atoms with Gasteiger partial charge in [-0.1, -0.05) is 62.2 Å². The summed E-state index contributed by atoms with van der Waals surface area (Å²) in [5.41, 5.74) is 2.68. The molecule has 10 heteroatoms. The van der Waals surface area contributed by atoms with Crippen LogP contribution in [0.1, 0.15) is 43.9 Å². The van der Waals surface area contributed by atoms with E-state index in [0.717, 1.165) is 21.7 Å². The highest BCUT2D eigenvalue weighted by Gasteiger charge is 2.32. The summed E-state index contributed by atoms with van der Waals surface area (Å²) >= 11 is 12.2. The first kappa shape index (κ1) is 29.9. The molecule has 1 atom stereocenters. The second-order valence-corrected chi connectivity index (χ2v) is 12.1. The molecule has 1 N–H and O–H groups in total. The minimum atomic E-state index is -3.80. The molecule has 0 unspecified atom stereocenters. The SMILES string of the molecule is CC[C@H](C(=O)NCC(C)C)N(Cc1ccc(Cl)c(Cl)c1)C(=O)CN(c1cc(C)ccc1C)S(C)(=O)=O. The predicted octanol–water partition coefficient (Wildman–Crippen LogP) is 4.96. The number of aryl methyl sites for hydroxylation is 2. The molecule has 0 fully saturated rings. The van der Waals surface area contributed by atoms with Crippen molar-refractivity contribution in [3.05, 3.63) is 63.1 Å². The molecule has 0 spiro atoms. The van der Waals surface area contributed by atoms with Gasteiger partial charge in [0.2, 0.25) is 21.8 Å². The van der Waals surface area contributed by atoms with Gasteiger partial charge in [0, 0.05) is 13.1 Å². The Bertz CT molecular complexity index is 1200. The van der Waals surface area contributed by atoms with Crippen LogP contribution in [-0.2, 0) is 26.2 Å². The highest BCUT2D eigenvalue weighted by atomic mass is 35.5. The molecule has 36 heavy (non-hydrogen) atoms. The second-order valence-electron chi connectivity index (χ2n) is 9.39. The predicted molar refractivity (Wildman–Crippen MR) is 147 cm³/mol. The van der Waals surface area contributed by atoms with Crippen LogP contribution in [0.4, 0.5) is 5.69 Å². The first-order valence-corrected chi connectivity index (χ1v) is 14.4. The van der Waals surface area contributed by atoms with E-state index < -0.39 is 28.5 Å².